The highest BCUT2D eigenvalue weighted by Crippen LogP contribution is 2.32. The van der Waals surface area contributed by atoms with Crippen molar-refractivity contribution in [3.05, 3.63) is 42.5 Å². The predicted molar refractivity (Wildman–Crippen MR) is 102 cm³/mol. The fourth-order valence-electron chi connectivity index (χ4n) is 2.60. The lowest BCUT2D eigenvalue weighted by Gasteiger charge is -2.23. The van der Waals surface area contributed by atoms with Gasteiger partial charge in [-0.05, 0) is 55.8 Å². The number of ether oxygens (including phenoxy) is 3. The Morgan fingerprint density at radius 3 is 2.67 bits per heavy atom. The van der Waals surface area contributed by atoms with Gasteiger partial charge in [0, 0.05) is 12.1 Å². The van der Waals surface area contributed by atoms with Gasteiger partial charge in [0.15, 0.2) is 6.10 Å². The van der Waals surface area contributed by atoms with Gasteiger partial charge >= 0.3 is 0 Å². The Bertz CT molecular complexity index is 820. The van der Waals surface area contributed by atoms with Crippen molar-refractivity contribution in [2.45, 2.75) is 25.9 Å². The Morgan fingerprint density at radius 1 is 1.19 bits per heavy atom. The number of fused-ring (bicyclic) bond motifs is 1. The molecule has 1 unspecified atom stereocenters. The average molecular weight is 370 g/mol. The summed E-state index contributed by atoms with van der Waals surface area (Å²) < 4.78 is 16.2. The van der Waals surface area contributed by atoms with Crippen LogP contribution in [0.25, 0.3) is 0 Å². The van der Waals surface area contributed by atoms with Crippen molar-refractivity contribution in [1.29, 1.82) is 0 Å². The van der Waals surface area contributed by atoms with Crippen LogP contribution in [0.1, 0.15) is 19.8 Å². The van der Waals surface area contributed by atoms with E-state index in [9.17, 15) is 9.59 Å². The lowest BCUT2D eigenvalue weighted by Crippen LogP contribution is -2.34. The maximum Gasteiger partial charge on any atom is 0.265 e. The molecule has 2 N–H and O–H groups in total. The molecule has 0 saturated carbocycles. The van der Waals surface area contributed by atoms with E-state index in [1.54, 1.807) is 32.2 Å². The van der Waals surface area contributed by atoms with Gasteiger partial charge in [-0.1, -0.05) is 0 Å². The highest BCUT2D eigenvalue weighted by Gasteiger charge is 2.23. The van der Waals surface area contributed by atoms with Crippen molar-refractivity contribution < 1.29 is 23.8 Å². The van der Waals surface area contributed by atoms with Crippen molar-refractivity contribution in [3.63, 3.8) is 0 Å². The minimum Gasteiger partial charge on any atom is -0.497 e. The van der Waals surface area contributed by atoms with Gasteiger partial charge in [0.05, 0.1) is 19.4 Å². The van der Waals surface area contributed by atoms with Crippen LogP contribution in [0.5, 0.6) is 17.2 Å². The van der Waals surface area contributed by atoms with Crippen LogP contribution in [0.15, 0.2) is 42.5 Å². The van der Waals surface area contributed by atoms with Gasteiger partial charge in [0.2, 0.25) is 5.91 Å². The van der Waals surface area contributed by atoms with E-state index >= 15 is 0 Å². The number of carbonyl (C=O) groups is 2. The zero-order chi connectivity index (χ0) is 19.2. The topological polar surface area (TPSA) is 85.9 Å². The van der Waals surface area contributed by atoms with Crippen molar-refractivity contribution in [1.82, 2.24) is 0 Å². The second kappa shape index (κ2) is 8.44. The van der Waals surface area contributed by atoms with Gasteiger partial charge in [-0.3, -0.25) is 9.59 Å². The van der Waals surface area contributed by atoms with Crippen LogP contribution in [-0.4, -0.2) is 31.6 Å². The predicted octanol–water partition coefficient (Wildman–Crippen LogP) is 3.21. The SMILES string of the molecule is COc1ccc(OCCCC(=O)Nc2ccc3c(c2)NC(=O)C(C)O3)cc1. The molecule has 1 aliphatic heterocycles. The minimum absolute atomic E-state index is 0.121. The smallest absolute Gasteiger partial charge is 0.265 e. The number of benzene rings is 2. The summed E-state index contributed by atoms with van der Waals surface area (Å²) in [5.74, 6) is 1.76. The highest BCUT2D eigenvalue weighted by atomic mass is 16.5. The van der Waals surface area contributed by atoms with Crippen molar-refractivity contribution in [2.24, 2.45) is 0 Å². The number of nitrogens with one attached hydrogen (secondary N) is 2. The van der Waals surface area contributed by atoms with Crippen LogP contribution in [0.2, 0.25) is 0 Å². The third-order valence-corrected chi connectivity index (χ3v) is 4.07. The van der Waals surface area contributed by atoms with Gasteiger partial charge < -0.3 is 24.8 Å². The van der Waals surface area contributed by atoms with E-state index in [-0.39, 0.29) is 11.8 Å². The molecule has 0 aromatic heterocycles. The number of rotatable bonds is 7. The maximum absolute atomic E-state index is 12.1. The molecule has 142 valence electrons. The van der Waals surface area contributed by atoms with Crippen LogP contribution >= 0.6 is 0 Å². The van der Waals surface area contributed by atoms with Crippen LogP contribution in [0.3, 0.4) is 0 Å². The molecule has 1 heterocycles. The van der Waals surface area contributed by atoms with E-state index in [4.69, 9.17) is 14.2 Å². The summed E-state index contributed by atoms with van der Waals surface area (Å²) in [6.45, 7) is 2.12. The number of hydrogen-bond acceptors (Lipinski definition) is 5. The summed E-state index contributed by atoms with van der Waals surface area (Å²) in [5, 5.41) is 5.57. The Kier molecular flexibility index (Phi) is 5.80. The van der Waals surface area contributed by atoms with Gasteiger partial charge in [0.1, 0.15) is 17.2 Å². The molecule has 1 aliphatic rings. The number of hydrogen-bond donors (Lipinski definition) is 2. The first-order valence-electron chi connectivity index (χ1n) is 8.73. The normalized spacial score (nSPS) is 15.2. The second-order valence-corrected chi connectivity index (χ2v) is 6.14. The lowest BCUT2D eigenvalue weighted by atomic mass is 10.2. The van der Waals surface area contributed by atoms with E-state index in [2.05, 4.69) is 10.6 Å². The fraction of sp³-hybridized carbons (Fsp3) is 0.300. The van der Waals surface area contributed by atoms with Crippen LogP contribution in [0.4, 0.5) is 11.4 Å². The number of amides is 2. The summed E-state index contributed by atoms with van der Waals surface area (Å²) in [5.41, 5.74) is 1.16. The van der Waals surface area contributed by atoms with Gasteiger partial charge in [0.25, 0.3) is 5.91 Å². The van der Waals surface area contributed by atoms with Gasteiger partial charge in [-0.15, -0.1) is 0 Å². The van der Waals surface area contributed by atoms with E-state index in [1.165, 1.54) is 0 Å². The van der Waals surface area contributed by atoms with Crippen LogP contribution < -0.4 is 24.8 Å². The van der Waals surface area contributed by atoms with Gasteiger partial charge in [-0.25, -0.2) is 0 Å². The Balaban J connectivity index is 1.44. The summed E-state index contributed by atoms with van der Waals surface area (Å²) >= 11 is 0. The first-order chi connectivity index (χ1) is 13.0. The molecule has 2 aromatic rings. The van der Waals surface area contributed by atoms with Gasteiger partial charge in [-0.2, -0.15) is 0 Å². The molecule has 0 radical (unpaired) electrons. The van der Waals surface area contributed by atoms with E-state index in [0.717, 1.165) is 11.5 Å². The molecule has 0 spiro atoms. The summed E-state index contributed by atoms with van der Waals surface area (Å²) in [4.78, 5) is 23.8. The van der Waals surface area contributed by atoms with Crippen LogP contribution in [-0.2, 0) is 9.59 Å². The molecule has 0 aliphatic carbocycles. The highest BCUT2D eigenvalue weighted by molar-refractivity contribution is 5.99. The lowest BCUT2D eigenvalue weighted by molar-refractivity contribution is -0.122. The molecule has 0 bridgehead atoms. The fourth-order valence-corrected chi connectivity index (χ4v) is 2.60. The first kappa shape index (κ1) is 18.6. The largest absolute Gasteiger partial charge is 0.497 e. The number of carbonyl (C=O) groups excluding carboxylic acids is 2. The number of anilines is 2. The maximum atomic E-state index is 12.1. The minimum atomic E-state index is -0.524. The summed E-state index contributed by atoms with van der Waals surface area (Å²) in [6, 6.07) is 12.4. The summed E-state index contributed by atoms with van der Waals surface area (Å²) in [6.07, 6.45) is 0.386. The zero-order valence-electron chi connectivity index (χ0n) is 15.3. The summed E-state index contributed by atoms with van der Waals surface area (Å²) in [7, 11) is 1.61. The Hall–Kier alpha value is -3.22. The van der Waals surface area contributed by atoms with E-state index < -0.39 is 6.10 Å². The molecule has 2 amide bonds. The van der Waals surface area contributed by atoms with Crippen molar-refractivity contribution in [2.75, 3.05) is 24.4 Å². The van der Waals surface area contributed by atoms with E-state index in [0.29, 0.717) is 36.6 Å². The molecule has 7 heteroatoms. The Morgan fingerprint density at radius 2 is 1.93 bits per heavy atom. The second-order valence-electron chi connectivity index (χ2n) is 6.14. The van der Waals surface area contributed by atoms with E-state index in [1.807, 2.05) is 24.3 Å². The molecule has 3 rings (SSSR count). The van der Waals surface area contributed by atoms with Crippen molar-refractivity contribution >= 4 is 23.2 Å². The molecule has 0 saturated heterocycles. The molecule has 7 nitrogen and oxygen atoms in total. The monoisotopic (exact) mass is 370 g/mol. The molecule has 2 aromatic carbocycles. The zero-order valence-corrected chi connectivity index (χ0v) is 15.3. The average Bonchev–Trinajstić information content (AvgIpc) is 2.67. The molecular formula is C20H22N2O5. The third-order valence-electron chi connectivity index (χ3n) is 4.07. The quantitative estimate of drug-likeness (QED) is 0.731. The third kappa shape index (κ3) is 4.91. The standard InChI is InChI=1S/C20H22N2O5/c1-13-20(24)22-17-12-14(5-10-18(17)27-13)21-19(23)4-3-11-26-16-8-6-15(25-2)7-9-16/h5-10,12-13H,3-4,11H2,1-2H3,(H,21,23)(H,22,24). The number of methoxy groups -OCH3 is 1. The molecular weight excluding hydrogens is 348 g/mol. The first-order valence-corrected chi connectivity index (χ1v) is 8.73. The van der Waals surface area contributed by atoms with Crippen LogP contribution in [0, 0.1) is 0 Å². The molecule has 1 atom stereocenters. The molecule has 0 fully saturated rings. The molecule has 27 heavy (non-hydrogen) atoms. The van der Waals surface area contributed by atoms with Crippen molar-refractivity contribution in [3.8, 4) is 17.2 Å². The Labute approximate surface area is 157 Å².